The van der Waals surface area contributed by atoms with E-state index in [1.165, 1.54) is 0 Å². The summed E-state index contributed by atoms with van der Waals surface area (Å²) in [4.78, 5) is 23.1. The molecule has 0 bridgehead atoms. The first-order valence-electron chi connectivity index (χ1n) is 11.5. The predicted octanol–water partition coefficient (Wildman–Crippen LogP) is 3.66. The third-order valence-electron chi connectivity index (χ3n) is 6.59. The van der Waals surface area contributed by atoms with Gasteiger partial charge in [0.05, 0.1) is 11.7 Å². The Bertz CT molecular complexity index is 1560. The Kier molecular flexibility index (Phi) is 5.03. The van der Waals surface area contributed by atoms with Crippen molar-refractivity contribution in [3.8, 4) is 0 Å². The van der Waals surface area contributed by atoms with E-state index in [-0.39, 0.29) is 5.92 Å². The molecule has 0 saturated carbocycles. The van der Waals surface area contributed by atoms with Gasteiger partial charge >= 0.3 is 5.97 Å². The average molecular weight is 473 g/mol. The highest BCUT2D eigenvalue weighted by Crippen LogP contribution is 2.38. The van der Waals surface area contributed by atoms with Crippen LogP contribution in [0, 0.1) is 12.8 Å². The number of fused-ring (bicyclic) bond motifs is 4. The molecule has 1 fully saturated rings. The maximum atomic E-state index is 12.2. The minimum absolute atomic E-state index is 0.0639. The van der Waals surface area contributed by atoms with E-state index in [4.69, 9.17) is 4.42 Å². The highest BCUT2D eigenvalue weighted by atomic mass is 16.4. The first-order valence-corrected chi connectivity index (χ1v) is 11.5. The van der Waals surface area contributed by atoms with Crippen molar-refractivity contribution in [3.63, 3.8) is 0 Å². The summed E-state index contributed by atoms with van der Waals surface area (Å²) in [5.74, 6) is 0.0290. The molecule has 4 heterocycles. The highest BCUT2D eigenvalue weighted by molar-refractivity contribution is 6.06. The first-order chi connectivity index (χ1) is 17.0. The monoisotopic (exact) mass is 472 g/mol. The Morgan fingerprint density at radius 1 is 1.29 bits per heavy atom. The molecule has 0 amide bonds. The van der Waals surface area contributed by atoms with E-state index >= 15 is 0 Å². The summed E-state index contributed by atoms with van der Waals surface area (Å²) in [6, 6.07) is 12.5. The number of nitrogens with one attached hydrogen (secondary N) is 2. The highest BCUT2D eigenvalue weighted by Gasteiger charge is 2.40. The van der Waals surface area contributed by atoms with Crippen LogP contribution >= 0.6 is 0 Å². The summed E-state index contributed by atoms with van der Waals surface area (Å²) in [5.41, 5.74) is 3.52. The Morgan fingerprint density at radius 2 is 2.14 bits per heavy atom. The normalized spacial score (nSPS) is 19.1. The second-order valence-electron chi connectivity index (χ2n) is 9.05. The van der Waals surface area contributed by atoms with Crippen LogP contribution in [0.3, 0.4) is 0 Å². The largest absolute Gasteiger partial charge is 0.480 e. The molecule has 3 atom stereocenters. The summed E-state index contributed by atoms with van der Waals surface area (Å²) >= 11 is 0. The van der Waals surface area contributed by atoms with E-state index in [0.29, 0.717) is 47.7 Å². The minimum atomic E-state index is -0.930. The van der Waals surface area contributed by atoms with Crippen molar-refractivity contribution >= 4 is 50.4 Å². The molecule has 3 aromatic heterocycles. The molecule has 1 aliphatic heterocycles. The number of H-pyrrole nitrogens is 1. The van der Waals surface area contributed by atoms with Crippen molar-refractivity contribution in [2.45, 2.75) is 32.0 Å². The molecule has 0 radical (unpaired) electrons. The SMILES string of the molecule is Cc1nc(N2CC(CC(O)Nc3ccc4[nH]ncc4c3)CC2C(=O)O)c2oc3ccccc3c2n1. The van der Waals surface area contributed by atoms with Crippen molar-refractivity contribution in [2.75, 3.05) is 16.8 Å². The quantitative estimate of drug-likeness (QED) is 0.272. The number of aryl methyl sites for hydroxylation is 1. The van der Waals surface area contributed by atoms with Crippen LogP contribution in [0.15, 0.2) is 53.1 Å². The number of anilines is 2. The summed E-state index contributed by atoms with van der Waals surface area (Å²) in [6.45, 7) is 2.22. The second kappa shape index (κ2) is 8.24. The first kappa shape index (κ1) is 21.4. The third-order valence-corrected chi connectivity index (χ3v) is 6.59. The van der Waals surface area contributed by atoms with Crippen LogP contribution < -0.4 is 10.2 Å². The van der Waals surface area contributed by atoms with Crippen LogP contribution in [0.1, 0.15) is 18.7 Å². The van der Waals surface area contributed by atoms with Gasteiger partial charge in [-0.3, -0.25) is 5.10 Å². The smallest absolute Gasteiger partial charge is 0.326 e. The van der Waals surface area contributed by atoms with Gasteiger partial charge in [-0.15, -0.1) is 0 Å². The number of furan rings is 1. The zero-order valence-electron chi connectivity index (χ0n) is 19.0. The van der Waals surface area contributed by atoms with E-state index in [0.717, 1.165) is 22.0 Å². The molecule has 178 valence electrons. The van der Waals surface area contributed by atoms with E-state index in [1.54, 1.807) is 18.0 Å². The molecule has 10 nitrogen and oxygen atoms in total. The lowest BCUT2D eigenvalue weighted by molar-refractivity contribution is -0.138. The number of carboxylic acid groups (broad SMARTS) is 1. The van der Waals surface area contributed by atoms with Crippen molar-refractivity contribution < 1.29 is 19.4 Å². The number of carboxylic acids is 1. The Hall–Kier alpha value is -4.18. The number of aliphatic carboxylic acids is 1. The van der Waals surface area contributed by atoms with Gasteiger partial charge in [-0.1, -0.05) is 12.1 Å². The van der Waals surface area contributed by atoms with Gasteiger partial charge in [0.2, 0.25) is 0 Å². The van der Waals surface area contributed by atoms with Gasteiger partial charge < -0.3 is 24.8 Å². The number of hydrogen-bond acceptors (Lipinski definition) is 8. The number of nitrogens with zero attached hydrogens (tertiary/aromatic N) is 4. The number of benzene rings is 2. The maximum Gasteiger partial charge on any atom is 0.326 e. The zero-order valence-corrected chi connectivity index (χ0v) is 19.0. The fourth-order valence-corrected chi connectivity index (χ4v) is 5.04. The third kappa shape index (κ3) is 3.81. The molecule has 4 N–H and O–H groups in total. The van der Waals surface area contributed by atoms with Crippen LogP contribution in [0.5, 0.6) is 0 Å². The molecule has 5 aromatic rings. The van der Waals surface area contributed by atoms with E-state index in [2.05, 4.69) is 25.5 Å². The lowest BCUT2D eigenvalue weighted by Gasteiger charge is -2.23. The number of rotatable bonds is 6. The number of carbonyl (C=O) groups is 1. The molecule has 10 heteroatoms. The molecule has 6 rings (SSSR count). The van der Waals surface area contributed by atoms with Gasteiger partial charge in [-0.25, -0.2) is 14.8 Å². The van der Waals surface area contributed by atoms with Crippen molar-refractivity contribution in [1.29, 1.82) is 0 Å². The number of para-hydroxylation sites is 1. The molecule has 1 aliphatic rings. The molecule has 0 spiro atoms. The topological polar surface area (TPSA) is 140 Å². The summed E-state index contributed by atoms with van der Waals surface area (Å²) in [5, 5.41) is 32.6. The number of aliphatic hydroxyl groups is 1. The van der Waals surface area contributed by atoms with Gasteiger partial charge in [0.1, 0.15) is 29.2 Å². The molecule has 35 heavy (non-hydrogen) atoms. The number of aromatic nitrogens is 4. The molecule has 0 aliphatic carbocycles. The maximum absolute atomic E-state index is 12.2. The van der Waals surface area contributed by atoms with Gasteiger partial charge in [0, 0.05) is 23.0 Å². The van der Waals surface area contributed by atoms with Crippen LogP contribution in [-0.2, 0) is 4.79 Å². The Labute approximate surface area is 199 Å². The molecule has 1 saturated heterocycles. The van der Waals surface area contributed by atoms with Crippen molar-refractivity contribution in [2.24, 2.45) is 5.92 Å². The zero-order chi connectivity index (χ0) is 24.1. The summed E-state index contributed by atoms with van der Waals surface area (Å²) in [6.07, 6.45) is 1.66. The molecular weight excluding hydrogens is 448 g/mol. The molecular formula is C25H24N6O4. The minimum Gasteiger partial charge on any atom is -0.480 e. The number of aliphatic hydroxyl groups excluding tert-OH is 1. The van der Waals surface area contributed by atoms with Gasteiger partial charge in [-0.05, 0) is 56.0 Å². The van der Waals surface area contributed by atoms with Crippen LogP contribution in [0.2, 0.25) is 0 Å². The van der Waals surface area contributed by atoms with Crippen LogP contribution in [-0.4, -0.2) is 55.2 Å². The van der Waals surface area contributed by atoms with E-state index in [1.807, 2.05) is 42.5 Å². The predicted molar refractivity (Wildman–Crippen MR) is 131 cm³/mol. The number of aromatic amines is 1. The van der Waals surface area contributed by atoms with E-state index < -0.39 is 18.2 Å². The van der Waals surface area contributed by atoms with Crippen LogP contribution in [0.4, 0.5) is 11.5 Å². The summed E-state index contributed by atoms with van der Waals surface area (Å²) in [7, 11) is 0. The Balaban J connectivity index is 1.27. The lowest BCUT2D eigenvalue weighted by atomic mass is 10.0. The number of hydrogen-bond donors (Lipinski definition) is 4. The second-order valence-corrected chi connectivity index (χ2v) is 9.05. The Morgan fingerprint density at radius 3 is 3.00 bits per heavy atom. The molecule has 2 aromatic carbocycles. The summed E-state index contributed by atoms with van der Waals surface area (Å²) < 4.78 is 6.07. The lowest BCUT2D eigenvalue weighted by Crippen LogP contribution is -2.36. The van der Waals surface area contributed by atoms with Crippen LogP contribution in [0.25, 0.3) is 33.0 Å². The van der Waals surface area contributed by atoms with Gasteiger partial charge in [0.15, 0.2) is 11.4 Å². The van der Waals surface area contributed by atoms with Gasteiger partial charge in [0.25, 0.3) is 0 Å². The average Bonchev–Trinajstić information content (AvgIpc) is 3.55. The van der Waals surface area contributed by atoms with Gasteiger partial charge in [-0.2, -0.15) is 5.10 Å². The fourth-order valence-electron chi connectivity index (χ4n) is 5.04. The van der Waals surface area contributed by atoms with Crippen molar-refractivity contribution in [1.82, 2.24) is 20.2 Å². The molecule has 3 unspecified atom stereocenters. The standard InChI is InChI=1S/C25H24N6O4/c1-13-27-22-17-4-2-3-5-20(17)35-23(22)24(28-13)31-12-14(8-19(31)25(33)34)9-21(32)29-16-6-7-18-15(10-16)11-26-30-18/h2-7,10-11,14,19,21,29,32H,8-9,12H2,1H3,(H,26,30)(H,33,34). The fraction of sp³-hybridized carbons (Fsp3) is 0.280. The van der Waals surface area contributed by atoms with E-state index in [9.17, 15) is 15.0 Å². The van der Waals surface area contributed by atoms with Crippen molar-refractivity contribution in [3.05, 3.63) is 54.5 Å².